The number of rotatable bonds is 7. The van der Waals surface area contributed by atoms with Gasteiger partial charge >= 0.3 is 0 Å². The number of phenolic OH excluding ortho intramolecular Hbond substituents is 1. The van der Waals surface area contributed by atoms with Gasteiger partial charge in [0.2, 0.25) is 0 Å². The lowest BCUT2D eigenvalue weighted by atomic mass is 9.79. The fourth-order valence-corrected chi connectivity index (χ4v) is 4.43. The molecule has 0 aromatic heterocycles. The van der Waals surface area contributed by atoms with E-state index in [9.17, 15) is 14.7 Å². The zero-order chi connectivity index (χ0) is 31.0. The summed E-state index contributed by atoms with van der Waals surface area (Å²) in [6.07, 6.45) is 1.50. The summed E-state index contributed by atoms with van der Waals surface area (Å²) in [5, 5.41) is 15.0. The third-order valence-corrected chi connectivity index (χ3v) is 6.87. The number of hydrogen-bond donors (Lipinski definition) is 2. The fourth-order valence-electron chi connectivity index (χ4n) is 4.43. The predicted octanol–water partition coefficient (Wildman–Crippen LogP) is 4.94. The summed E-state index contributed by atoms with van der Waals surface area (Å²) in [6, 6.07) is 9.10. The number of amides is 2. The van der Waals surface area contributed by atoms with Gasteiger partial charge in [-0.2, -0.15) is 5.10 Å². The van der Waals surface area contributed by atoms with E-state index in [0.29, 0.717) is 48.8 Å². The monoisotopic (exact) mass is 568 g/mol. The molecule has 2 amide bonds. The summed E-state index contributed by atoms with van der Waals surface area (Å²) in [5.74, 6) is 0.855. The molecule has 9 heteroatoms. The van der Waals surface area contributed by atoms with Crippen LogP contribution < -0.4 is 14.9 Å². The van der Waals surface area contributed by atoms with Crippen molar-refractivity contribution in [3.05, 3.63) is 52.6 Å². The summed E-state index contributed by atoms with van der Waals surface area (Å²) in [5.41, 5.74) is 5.14. The number of nitrogens with zero attached hydrogens (tertiary/aromatic N) is 3. The van der Waals surface area contributed by atoms with E-state index in [0.717, 1.165) is 11.1 Å². The summed E-state index contributed by atoms with van der Waals surface area (Å²) in [6.45, 7) is 18.8. The van der Waals surface area contributed by atoms with Crippen molar-refractivity contribution in [3.8, 4) is 17.2 Å². The molecule has 2 aromatic rings. The van der Waals surface area contributed by atoms with Crippen LogP contribution in [0.2, 0.25) is 0 Å². The number of hydrogen-bond acceptors (Lipinski definition) is 7. The molecule has 1 aliphatic rings. The van der Waals surface area contributed by atoms with Crippen LogP contribution in [0.15, 0.2) is 35.4 Å². The van der Waals surface area contributed by atoms with E-state index >= 15 is 0 Å². The first-order valence-corrected chi connectivity index (χ1v) is 14.2. The predicted molar refractivity (Wildman–Crippen MR) is 164 cm³/mol. The highest BCUT2D eigenvalue weighted by molar-refractivity contribution is 5.97. The quantitative estimate of drug-likeness (QED) is 0.362. The van der Waals surface area contributed by atoms with Crippen LogP contribution >= 0.6 is 0 Å². The Balaban J connectivity index is 0.00000287. The summed E-state index contributed by atoms with van der Waals surface area (Å²) < 4.78 is 10.6. The van der Waals surface area contributed by atoms with Gasteiger partial charge in [0, 0.05) is 37.3 Å². The molecule has 2 aromatic carbocycles. The number of piperazine rings is 1. The minimum atomic E-state index is -0.261. The van der Waals surface area contributed by atoms with E-state index < -0.39 is 0 Å². The maximum atomic E-state index is 13.1. The number of methoxy groups -OCH3 is 2. The van der Waals surface area contributed by atoms with Gasteiger partial charge in [-0.25, -0.2) is 5.43 Å². The van der Waals surface area contributed by atoms with Gasteiger partial charge in [0.15, 0.2) is 0 Å². The van der Waals surface area contributed by atoms with E-state index in [-0.39, 0.29) is 34.9 Å². The maximum Gasteiger partial charge on any atom is 0.257 e. The number of benzene rings is 2. The third-order valence-electron chi connectivity index (χ3n) is 6.87. The Kier molecular flexibility index (Phi) is 11.8. The molecule has 226 valence electrons. The van der Waals surface area contributed by atoms with Crippen LogP contribution in [-0.2, 0) is 15.6 Å². The van der Waals surface area contributed by atoms with Gasteiger partial charge in [-0.3, -0.25) is 14.5 Å². The Morgan fingerprint density at radius 2 is 1.59 bits per heavy atom. The highest BCUT2D eigenvalue weighted by atomic mass is 16.5. The van der Waals surface area contributed by atoms with Gasteiger partial charge in [0.1, 0.15) is 17.2 Å². The second kappa shape index (κ2) is 14.3. The number of carbonyl (C=O) groups excluding carboxylic acids is 2. The molecule has 1 saturated heterocycles. The first-order valence-electron chi connectivity index (χ1n) is 14.2. The molecule has 0 bridgehead atoms. The average Bonchev–Trinajstić information content (AvgIpc) is 2.93. The molecule has 1 aliphatic heterocycles. The Morgan fingerprint density at radius 1 is 0.951 bits per heavy atom. The normalized spacial score (nSPS) is 14.3. The first-order chi connectivity index (χ1) is 19.2. The van der Waals surface area contributed by atoms with E-state index in [1.165, 1.54) is 13.3 Å². The van der Waals surface area contributed by atoms with Gasteiger partial charge < -0.3 is 19.5 Å². The Labute approximate surface area is 245 Å². The lowest BCUT2D eigenvalue weighted by molar-refractivity contribution is -0.122. The smallest absolute Gasteiger partial charge is 0.257 e. The van der Waals surface area contributed by atoms with Crippen molar-refractivity contribution in [1.82, 2.24) is 15.2 Å². The van der Waals surface area contributed by atoms with E-state index in [2.05, 4.69) is 52.1 Å². The van der Waals surface area contributed by atoms with E-state index in [1.54, 1.807) is 30.2 Å². The Hall–Kier alpha value is -3.59. The van der Waals surface area contributed by atoms with Crippen LogP contribution in [0.3, 0.4) is 0 Å². The highest BCUT2D eigenvalue weighted by Gasteiger charge is 2.26. The van der Waals surface area contributed by atoms with Crippen LogP contribution in [0.4, 0.5) is 0 Å². The van der Waals surface area contributed by atoms with Crippen molar-refractivity contribution in [1.29, 1.82) is 0 Å². The van der Waals surface area contributed by atoms with Crippen molar-refractivity contribution in [3.63, 3.8) is 0 Å². The van der Waals surface area contributed by atoms with Gasteiger partial charge in [-0.05, 0) is 40.7 Å². The number of nitrogens with one attached hydrogen (secondary N) is 1. The second-order valence-corrected chi connectivity index (χ2v) is 11.9. The zero-order valence-electron chi connectivity index (χ0n) is 26.4. The molecule has 41 heavy (non-hydrogen) atoms. The molecule has 0 unspecified atom stereocenters. The standard InChI is InChI=1S/C30H42N4O5.C2H6/c1-29(2,3)21-15-20(27(36)24(16-21)30(4,5)6)18-31-32-26(35)19-33-11-13-34(14-12-33)28(37)23-17-22(38-7)9-10-25(23)39-8;1-2/h9-10,15-18,36H,11-14,19H2,1-8H3,(H,32,35);1-2H3/b31-18+;. The largest absolute Gasteiger partial charge is 0.507 e. The van der Waals surface area contributed by atoms with Gasteiger partial charge in [-0.1, -0.05) is 61.5 Å². The molecule has 0 saturated carbocycles. The van der Waals surface area contributed by atoms with Crippen LogP contribution in [0.25, 0.3) is 0 Å². The molecular weight excluding hydrogens is 520 g/mol. The first kappa shape index (κ1) is 33.6. The zero-order valence-corrected chi connectivity index (χ0v) is 26.4. The van der Waals surface area contributed by atoms with Crippen molar-refractivity contribution < 1.29 is 24.2 Å². The van der Waals surface area contributed by atoms with Gasteiger partial charge in [-0.15, -0.1) is 0 Å². The van der Waals surface area contributed by atoms with E-state index in [4.69, 9.17) is 9.47 Å². The molecule has 3 rings (SSSR count). The molecule has 0 aliphatic carbocycles. The lowest BCUT2D eigenvalue weighted by Crippen LogP contribution is -2.50. The SMILES string of the molecule is CC.COc1ccc(OC)c(C(=O)N2CCN(CC(=O)N/N=C/c3cc(C(C)(C)C)cc(C(C)(C)C)c3O)CC2)c1. The molecule has 0 spiro atoms. The van der Waals surface area contributed by atoms with Crippen LogP contribution in [0, 0.1) is 0 Å². The summed E-state index contributed by atoms with van der Waals surface area (Å²) in [7, 11) is 3.09. The second-order valence-electron chi connectivity index (χ2n) is 11.9. The molecule has 0 atom stereocenters. The summed E-state index contributed by atoms with van der Waals surface area (Å²) >= 11 is 0. The molecule has 2 N–H and O–H groups in total. The Bertz CT molecular complexity index is 1220. The minimum absolute atomic E-state index is 0.110. The van der Waals surface area contributed by atoms with Crippen molar-refractivity contribution >= 4 is 18.0 Å². The van der Waals surface area contributed by atoms with Gasteiger partial charge in [0.05, 0.1) is 32.5 Å². The highest BCUT2D eigenvalue weighted by Crippen LogP contribution is 2.37. The van der Waals surface area contributed by atoms with Crippen molar-refractivity contribution in [2.24, 2.45) is 5.10 Å². The van der Waals surface area contributed by atoms with Crippen LogP contribution in [0.1, 0.15) is 82.4 Å². The Morgan fingerprint density at radius 3 is 2.12 bits per heavy atom. The third kappa shape index (κ3) is 8.95. The number of phenols is 1. The molecule has 9 nitrogen and oxygen atoms in total. The number of carbonyl (C=O) groups is 2. The molecule has 1 heterocycles. The van der Waals surface area contributed by atoms with Crippen molar-refractivity contribution in [2.75, 3.05) is 46.9 Å². The molecule has 1 fully saturated rings. The number of ether oxygens (including phenoxy) is 2. The van der Waals surface area contributed by atoms with Crippen LogP contribution in [-0.4, -0.2) is 79.9 Å². The van der Waals surface area contributed by atoms with Gasteiger partial charge in [0.25, 0.3) is 11.8 Å². The lowest BCUT2D eigenvalue weighted by Gasteiger charge is -2.34. The maximum absolute atomic E-state index is 13.1. The molecule has 0 radical (unpaired) electrons. The topological polar surface area (TPSA) is 104 Å². The number of aromatic hydroxyl groups is 1. The van der Waals surface area contributed by atoms with E-state index in [1.807, 2.05) is 30.9 Å². The minimum Gasteiger partial charge on any atom is -0.507 e. The average molecular weight is 569 g/mol. The van der Waals surface area contributed by atoms with Crippen LogP contribution in [0.5, 0.6) is 17.2 Å². The number of hydrazone groups is 1. The summed E-state index contributed by atoms with van der Waals surface area (Å²) in [4.78, 5) is 29.4. The fraction of sp³-hybridized carbons (Fsp3) is 0.531. The van der Waals surface area contributed by atoms with Crippen molar-refractivity contribution in [2.45, 2.75) is 66.2 Å². The molecular formula is C32H48N4O5.